The molecule has 6 atom stereocenters. The number of carbonyl (C=O) groups excluding carboxylic acids is 2. The van der Waals surface area contributed by atoms with Gasteiger partial charge < -0.3 is 64.9 Å². The van der Waals surface area contributed by atoms with Gasteiger partial charge in [0.1, 0.15) is 23.8 Å². The van der Waals surface area contributed by atoms with E-state index in [1.165, 1.54) is 4.90 Å². The first kappa shape index (κ1) is 59.3. The number of rotatable bonds is 18. The third kappa shape index (κ3) is 13.5. The number of nitrogens with two attached hydrogens (primary N) is 1. The van der Waals surface area contributed by atoms with Crippen molar-refractivity contribution in [3.8, 4) is 33.3 Å². The van der Waals surface area contributed by atoms with Crippen LogP contribution in [0.25, 0.3) is 21.7 Å². The molecule has 85 heavy (non-hydrogen) atoms. The summed E-state index contributed by atoms with van der Waals surface area (Å²) in [6.07, 6.45) is 7.74. The monoisotopic (exact) mass is 1180 g/mol. The van der Waals surface area contributed by atoms with Gasteiger partial charge in [-0.3, -0.25) is 19.3 Å². The predicted octanol–water partition coefficient (Wildman–Crippen LogP) is 6.60. The van der Waals surface area contributed by atoms with Gasteiger partial charge in [-0.2, -0.15) is 0 Å². The fourth-order valence-electron chi connectivity index (χ4n) is 13.2. The summed E-state index contributed by atoms with van der Waals surface area (Å²) < 4.78 is 19.0. The zero-order valence-corrected chi connectivity index (χ0v) is 49.7. The Morgan fingerprint density at radius 1 is 0.835 bits per heavy atom. The number of aliphatic hydroxyl groups is 1. The molecule has 12 rings (SSSR count). The van der Waals surface area contributed by atoms with E-state index < -0.39 is 18.1 Å². The number of aromatic nitrogens is 5. The summed E-state index contributed by atoms with van der Waals surface area (Å²) in [5, 5.41) is 44.3. The van der Waals surface area contributed by atoms with Gasteiger partial charge in [-0.15, -0.1) is 21.5 Å². The van der Waals surface area contributed by atoms with Crippen molar-refractivity contribution in [2.45, 2.75) is 127 Å². The summed E-state index contributed by atoms with van der Waals surface area (Å²) in [6.45, 7) is 16.8. The average molecular weight is 1180 g/mol. The minimum absolute atomic E-state index is 0.0816. The first-order valence-electron chi connectivity index (χ1n) is 30.0. The number of fused-ring (bicyclic) bond motifs is 2. The second-order valence-corrected chi connectivity index (χ2v) is 24.7. The molecule has 4 aromatic heterocycles. The number of piperidine rings is 1. The molecule has 2 amide bonds. The maximum absolute atomic E-state index is 14.4. The van der Waals surface area contributed by atoms with Crippen LogP contribution in [0, 0.1) is 12.8 Å². The van der Waals surface area contributed by atoms with Crippen molar-refractivity contribution >= 4 is 52.6 Å². The number of phenolic OH excluding ortho intramolecular Hbond substituents is 1. The number of carboxylic acid groups (broad SMARTS) is 1. The molecule has 2 aromatic carbocycles. The van der Waals surface area contributed by atoms with Gasteiger partial charge in [0.2, 0.25) is 17.7 Å². The number of piperazine rings is 2. The Kier molecular flexibility index (Phi) is 18.4. The second-order valence-electron chi connectivity index (χ2n) is 23.8. The van der Waals surface area contributed by atoms with Gasteiger partial charge in [-0.1, -0.05) is 55.4 Å². The van der Waals surface area contributed by atoms with Crippen molar-refractivity contribution in [2.75, 3.05) is 92.4 Å². The lowest BCUT2D eigenvalue weighted by atomic mass is 9.91. The number of amides is 2. The molecule has 9 heterocycles. The lowest BCUT2D eigenvalue weighted by molar-refractivity contribution is -0.141. The number of hydrogen-bond donors (Lipinski definition) is 5. The molecule has 6 aliphatic rings. The van der Waals surface area contributed by atoms with Gasteiger partial charge in [0.05, 0.1) is 51.8 Å². The van der Waals surface area contributed by atoms with E-state index in [0.29, 0.717) is 46.6 Å². The van der Waals surface area contributed by atoms with Crippen LogP contribution in [0.4, 0.5) is 23.0 Å². The lowest BCUT2D eigenvalue weighted by Gasteiger charge is -2.43. The molecule has 452 valence electrons. The number of aliphatic hydroxyl groups excluding tert-OH is 1. The fourth-order valence-corrected chi connectivity index (χ4v) is 14.0. The molecular formula is C62H79N13O9S. The number of phenols is 1. The summed E-state index contributed by atoms with van der Waals surface area (Å²) in [6, 6.07) is 22.8. The average Bonchev–Trinajstić information content (AvgIpc) is 4.36. The molecule has 5 aliphatic heterocycles. The number of ether oxygens (including phenoxy) is 2. The van der Waals surface area contributed by atoms with E-state index in [9.17, 15) is 19.8 Å². The van der Waals surface area contributed by atoms with Crippen LogP contribution in [-0.2, 0) is 19.1 Å². The molecule has 2 unspecified atom stereocenters. The maximum Gasteiger partial charge on any atom is 0.290 e. The van der Waals surface area contributed by atoms with Gasteiger partial charge in [0, 0.05) is 133 Å². The summed E-state index contributed by atoms with van der Waals surface area (Å²) in [7, 11) is 0. The molecule has 5 saturated heterocycles. The number of β-amino-alcohol motifs (C(OH)–C–C–N with tert-alkyl or cyclic N) is 1. The molecule has 6 fully saturated rings. The first-order chi connectivity index (χ1) is 41.2. The number of aromatic hydroxyl groups is 1. The minimum Gasteiger partial charge on any atom is -0.507 e. The predicted molar refractivity (Wildman–Crippen MR) is 324 cm³/mol. The van der Waals surface area contributed by atoms with Crippen LogP contribution in [0.5, 0.6) is 11.6 Å². The number of nitrogens with one attached hydrogen (secondary N) is 1. The normalized spacial score (nSPS) is 23.5. The highest BCUT2D eigenvalue weighted by molar-refractivity contribution is 7.13. The van der Waals surface area contributed by atoms with E-state index in [2.05, 4.69) is 67.3 Å². The van der Waals surface area contributed by atoms with Crippen LogP contribution in [0.1, 0.15) is 94.7 Å². The van der Waals surface area contributed by atoms with Crippen molar-refractivity contribution in [2.24, 2.45) is 5.92 Å². The van der Waals surface area contributed by atoms with E-state index in [1.54, 1.807) is 23.5 Å². The highest BCUT2D eigenvalue weighted by Crippen LogP contribution is 2.41. The Bertz CT molecular complexity index is 3220. The number of nitrogens with zero attached hydrogens (tertiary/aromatic N) is 11. The number of likely N-dealkylation sites (tertiary alicyclic amines) is 2. The Hall–Kier alpha value is -7.44. The summed E-state index contributed by atoms with van der Waals surface area (Å²) >= 11 is 1.60. The van der Waals surface area contributed by atoms with Crippen LogP contribution >= 0.6 is 11.3 Å². The lowest BCUT2D eigenvalue weighted by Crippen LogP contribution is -2.54. The minimum atomic E-state index is -0.805. The zero-order valence-electron chi connectivity index (χ0n) is 48.9. The first-order valence-corrected chi connectivity index (χ1v) is 30.8. The number of pyridine rings is 1. The van der Waals surface area contributed by atoms with Gasteiger partial charge in [-0.05, 0) is 80.8 Å². The molecule has 6 N–H and O–H groups in total. The van der Waals surface area contributed by atoms with E-state index in [4.69, 9.17) is 29.6 Å². The number of carbonyl (C=O) groups is 3. The molecular weight excluding hydrogens is 1100 g/mol. The SMILES string of the molecule is Cc1ncsc1-c1ccc([C@H](C)NC(=O)[C@@H]2C[C@@H](O)CN2C(=O)[C@@H](c2cc(N3CCN(CCN4CCC(OC5CC(Oc6cc(N7C8CCC7CN(c7cc(-c9ccccc9O)nnc7N)C8)ccn6)C5)CC4)CC3)no2)C(C)C)cc1.O=CO. The topological polar surface area (TPSA) is 265 Å². The van der Waals surface area contributed by atoms with Crippen molar-refractivity contribution in [3.63, 3.8) is 0 Å². The number of nitrogen functional groups attached to an aromatic ring is 1. The van der Waals surface area contributed by atoms with Gasteiger partial charge >= 0.3 is 0 Å². The summed E-state index contributed by atoms with van der Waals surface area (Å²) in [5.74, 6) is 1.09. The third-order valence-corrected chi connectivity index (χ3v) is 18.9. The number of thiazole rings is 1. The Morgan fingerprint density at radius 2 is 1.54 bits per heavy atom. The van der Waals surface area contributed by atoms with Crippen LogP contribution < -0.4 is 30.5 Å². The second kappa shape index (κ2) is 26.4. The largest absolute Gasteiger partial charge is 0.507 e. The molecule has 6 aromatic rings. The highest BCUT2D eigenvalue weighted by Gasteiger charge is 2.45. The molecule has 0 spiro atoms. The Labute approximate surface area is 499 Å². The van der Waals surface area contributed by atoms with Crippen LogP contribution in [-0.4, -0.2) is 188 Å². The highest BCUT2D eigenvalue weighted by atomic mass is 32.1. The maximum atomic E-state index is 14.4. The Balaban J connectivity index is 0.00000246. The Morgan fingerprint density at radius 3 is 2.22 bits per heavy atom. The summed E-state index contributed by atoms with van der Waals surface area (Å²) in [5.41, 5.74) is 14.5. The van der Waals surface area contributed by atoms with E-state index >= 15 is 0 Å². The van der Waals surface area contributed by atoms with Crippen molar-refractivity contribution in [1.29, 1.82) is 0 Å². The number of hydrogen-bond acceptors (Lipinski definition) is 20. The van der Waals surface area contributed by atoms with Crippen molar-refractivity contribution in [1.82, 2.24) is 45.3 Å². The van der Waals surface area contributed by atoms with Crippen LogP contribution in [0.2, 0.25) is 0 Å². The standard InChI is InChI=1S/C61H77N13O7S.CH2O2/c1-37(2)57(61(78)73-35-45(75)28-52(73)60(77)65-38(3)40-9-11-41(12-10-40)58-39(4)64-36-82-58)54-32-55(68-81-54)71-25-23-70(24-26-71)22-21-69-19-16-46(17-20-69)79-47-29-48(30-47)80-56-27-42(15-18-63-56)74-43-13-14-44(74)34-72(33-43)51-31-50(66-67-59(51)62)49-7-5-6-8-53(49)76;2-1-3/h5-12,15,18,27,31-32,36-38,43-48,52,57,75-76H,13-14,16-17,19-26,28-30,33-35H2,1-4H3,(H2,62,67)(H,65,77);1H,(H,2,3)/t38-,43?,44?,45+,47?,48?,52-,57+;/m0./s1. The van der Waals surface area contributed by atoms with E-state index in [-0.39, 0.29) is 67.3 Å². The van der Waals surface area contributed by atoms with E-state index in [1.807, 2.05) is 87.9 Å². The third-order valence-electron chi connectivity index (χ3n) is 17.9. The molecule has 22 nitrogen and oxygen atoms in total. The number of aryl methyl sites for hydroxylation is 1. The van der Waals surface area contributed by atoms with Crippen molar-refractivity contribution in [3.05, 3.63) is 102 Å². The number of benzene rings is 2. The smallest absolute Gasteiger partial charge is 0.290 e. The molecule has 1 aliphatic carbocycles. The van der Waals surface area contributed by atoms with Crippen LogP contribution in [0.3, 0.4) is 0 Å². The number of anilines is 4. The van der Waals surface area contributed by atoms with Gasteiger partial charge in [0.15, 0.2) is 17.4 Å². The molecule has 1 saturated carbocycles. The van der Waals surface area contributed by atoms with Crippen molar-refractivity contribution < 1.29 is 43.7 Å². The van der Waals surface area contributed by atoms with E-state index in [0.717, 1.165) is 137 Å². The zero-order chi connectivity index (χ0) is 59.3. The van der Waals surface area contributed by atoms with Gasteiger partial charge in [-0.25, -0.2) is 9.97 Å². The number of para-hydroxylation sites is 1. The molecule has 23 heteroatoms. The summed E-state index contributed by atoms with van der Waals surface area (Å²) in [4.78, 5) is 60.4. The van der Waals surface area contributed by atoms with Gasteiger partial charge in [0.25, 0.3) is 6.47 Å². The quantitative estimate of drug-likeness (QED) is 0.0568. The molecule has 2 bridgehead atoms. The molecule has 0 radical (unpaired) electrons. The fraction of sp³-hybridized carbons (Fsp3) is 0.516. The van der Waals surface area contributed by atoms with Crippen LogP contribution in [0.15, 0.2) is 89.0 Å².